The lowest BCUT2D eigenvalue weighted by atomic mass is 9.94. The molecular formula is C26H29N3O4S2. The van der Waals surface area contributed by atoms with Crippen molar-refractivity contribution in [3.05, 3.63) is 72.1 Å². The zero-order valence-corrected chi connectivity index (χ0v) is 21.8. The summed E-state index contributed by atoms with van der Waals surface area (Å²) in [6.07, 6.45) is 1.65. The molecule has 2 aromatic carbocycles. The van der Waals surface area contributed by atoms with Crippen molar-refractivity contribution in [3.63, 3.8) is 0 Å². The first kappa shape index (κ1) is 25.1. The van der Waals surface area contributed by atoms with E-state index in [0.717, 1.165) is 10.1 Å². The Labute approximate surface area is 209 Å². The van der Waals surface area contributed by atoms with Crippen molar-refractivity contribution < 1.29 is 18.0 Å². The lowest BCUT2D eigenvalue weighted by Crippen LogP contribution is -2.56. The van der Waals surface area contributed by atoms with E-state index in [2.05, 4.69) is 17.2 Å². The van der Waals surface area contributed by atoms with E-state index in [1.54, 1.807) is 12.1 Å². The van der Waals surface area contributed by atoms with Crippen LogP contribution in [0.2, 0.25) is 0 Å². The van der Waals surface area contributed by atoms with Crippen LogP contribution in [-0.2, 0) is 14.8 Å². The van der Waals surface area contributed by atoms with Gasteiger partial charge in [-0.1, -0.05) is 24.8 Å². The quantitative estimate of drug-likeness (QED) is 0.466. The Bertz CT molecular complexity index is 1370. The van der Waals surface area contributed by atoms with Gasteiger partial charge >= 0.3 is 0 Å². The van der Waals surface area contributed by atoms with Crippen LogP contribution in [0.15, 0.2) is 72.1 Å². The molecule has 0 spiro atoms. The van der Waals surface area contributed by atoms with Crippen LogP contribution in [-0.4, -0.2) is 41.7 Å². The predicted octanol–water partition coefficient (Wildman–Crippen LogP) is 4.78. The van der Waals surface area contributed by atoms with E-state index in [1.807, 2.05) is 58.0 Å². The van der Waals surface area contributed by atoms with Gasteiger partial charge in [0, 0.05) is 22.0 Å². The molecule has 3 aromatic rings. The fourth-order valence-electron chi connectivity index (χ4n) is 4.95. The van der Waals surface area contributed by atoms with Gasteiger partial charge in [0.05, 0.1) is 15.3 Å². The van der Waals surface area contributed by atoms with Crippen LogP contribution in [0.4, 0.5) is 5.69 Å². The minimum atomic E-state index is -3.90. The number of benzene rings is 2. The maximum absolute atomic E-state index is 13.7. The summed E-state index contributed by atoms with van der Waals surface area (Å²) >= 11 is 1.40. The van der Waals surface area contributed by atoms with Gasteiger partial charge in [-0.2, -0.15) is 4.31 Å². The van der Waals surface area contributed by atoms with Gasteiger partial charge in [0.25, 0.3) is 5.91 Å². The fraction of sp³-hybridized carbons (Fsp3) is 0.308. The predicted molar refractivity (Wildman–Crippen MR) is 140 cm³/mol. The average Bonchev–Trinajstić information content (AvgIpc) is 3.29. The molecule has 0 bridgehead atoms. The number of fused-ring (bicyclic) bond motifs is 1. The maximum Gasteiger partial charge on any atom is 0.265 e. The van der Waals surface area contributed by atoms with Crippen LogP contribution in [0, 0.1) is 0 Å². The SMILES string of the molecule is C=CC(=O)NC1CC(C)(C)N(S(=O)(=O)c2ccc(NC(=O)c3cc4ccccc4s3)cc2)C1(C)C. The number of anilines is 1. The van der Waals surface area contributed by atoms with Gasteiger partial charge in [0.1, 0.15) is 0 Å². The summed E-state index contributed by atoms with van der Waals surface area (Å²) in [4.78, 5) is 25.4. The summed E-state index contributed by atoms with van der Waals surface area (Å²) in [7, 11) is -3.90. The lowest BCUT2D eigenvalue weighted by molar-refractivity contribution is -0.117. The van der Waals surface area contributed by atoms with Crippen molar-refractivity contribution in [1.82, 2.24) is 9.62 Å². The first-order valence-corrected chi connectivity index (χ1v) is 13.5. The normalized spacial score (nSPS) is 19.4. The largest absolute Gasteiger partial charge is 0.348 e. The van der Waals surface area contributed by atoms with Gasteiger partial charge in [-0.3, -0.25) is 9.59 Å². The highest BCUT2D eigenvalue weighted by Crippen LogP contribution is 2.44. The van der Waals surface area contributed by atoms with Crippen molar-refractivity contribution in [2.24, 2.45) is 0 Å². The van der Waals surface area contributed by atoms with E-state index in [1.165, 1.54) is 33.9 Å². The van der Waals surface area contributed by atoms with Crippen LogP contribution >= 0.6 is 11.3 Å². The molecule has 1 saturated heterocycles. The van der Waals surface area contributed by atoms with Crippen LogP contribution in [0.3, 0.4) is 0 Å². The first-order valence-electron chi connectivity index (χ1n) is 11.2. The number of carbonyl (C=O) groups excluding carboxylic acids is 2. The van der Waals surface area contributed by atoms with Crippen molar-refractivity contribution in [2.45, 2.75) is 56.1 Å². The van der Waals surface area contributed by atoms with E-state index < -0.39 is 21.1 Å². The van der Waals surface area contributed by atoms with Gasteiger partial charge < -0.3 is 10.6 Å². The van der Waals surface area contributed by atoms with Crippen molar-refractivity contribution in [2.75, 3.05) is 5.32 Å². The molecule has 35 heavy (non-hydrogen) atoms. The van der Waals surface area contributed by atoms with E-state index >= 15 is 0 Å². The van der Waals surface area contributed by atoms with Gasteiger partial charge in [0.2, 0.25) is 15.9 Å². The molecule has 2 N–H and O–H groups in total. The Morgan fingerprint density at radius 3 is 2.37 bits per heavy atom. The highest BCUT2D eigenvalue weighted by molar-refractivity contribution is 7.89. The summed E-state index contributed by atoms with van der Waals surface area (Å²) in [5.41, 5.74) is -1.09. The number of thiophene rings is 1. The summed E-state index contributed by atoms with van der Waals surface area (Å²) in [6, 6.07) is 15.4. The molecule has 7 nitrogen and oxygen atoms in total. The Kier molecular flexibility index (Phi) is 6.37. The Morgan fingerprint density at radius 2 is 1.74 bits per heavy atom. The lowest BCUT2D eigenvalue weighted by Gasteiger charge is -2.40. The van der Waals surface area contributed by atoms with Crippen molar-refractivity contribution in [1.29, 1.82) is 0 Å². The minimum absolute atomic E-state index is 0.120. The second-order valence-electron chi connectivity index (χ2n) is 9.83. The molecule has 0 saturated carbocycles. The van der Waals surface area contributed by atoms with Crippen molar-refractivity contribution in [3.8, 4) is 0 Å². The molecule has 1 unspecified atom stereocenters. The number of nitrogens with one attached hydrogen (secondary N) is 2. The molecule has 1 atom stereocenters. The van der Waals surface area contributed by atoms with Gasteiger partial charge in [-0.25, -0.2) is 8.42 Å². The fourth-order valence-corrected chi connectivity index (χ4v) is 8.07. The molecule has 0 aliphatic carbocycles. The molecule has 184 valence electrons. The molecule has 1 fully saturated rings. The highest BCUT2D eigenvalue weighted by Gasteiger charge is 2.57. The molecular weight excluding hydrogens is 482 g/mol. The second kappa shape index (κ2) is 8.89. The third kappa shape index (κ3) is 4.63. The van der Waals surface area contributed by atoms with E-state index in [0.29, 0.717) is 17.0 Å². The first-order chi connectivity index (χ1) is 16.4. The monoisotopic (exact) mass is 511 g/mol. The van der Waals surface area contributed by atoms with Crippen LogP contribution in [0.1, 0.15) is 43.8 Å². The Balaban J connectivity index is 1.56. The second-order valence-corrected chi connectivity index (χ2v) is 12.7. The minimum Gasteiger partial charge on any atom is -0.348 e. The van der Waals surface area contributed by atoms with E-state index in [9.17, 15) is 18.0 Å². The van der Waals surface area contributed by atoms with Crippen molar-refractivity contribution >= 4 is 48.9 Å². The molecule has 1 aromatic heterocycles. The summed E-state index contributed by atoms with van der Waals surface area (Å²) in [5.74, 6) is -0.582. The van der Waals surface area contributed by atoms with Gasteiger partial charge in [-0.15, -0.1) is 11.3 Å². The Morgan fingerprint density at radius 1 is 1.09 bits per heavy atom. The third-order valence-corrected chi connectivity index (χ3v) is 9.86. The Hall–Kier alpha value is -3.01. The highest BCUT2D eigenvalue weighted by atomic mass is 32.2. The van der Waals surface area contributed by atoms with E-state index in [-0.39, 0.29) is 22.8 Å². The zero-order chi connectivity index (χ0) is 25.6. The number of rotatable bonds is 6. The maximum atomic E-state index is 13.7. The standard InChI is InChI=1S/C26H29N3O4S2/c1-6-23(30)28-22-16-25(2,3)29(26(22,4)5)35(32,33)19-13-11-18(12-14-19)27-24(31)21-15-17-9-7-8-10-20(17)34-21/h6-15,22H,1,16H2,2-5H3,(H,27,31)(H,28,30). The molecule has 1 aliphatic rings. The topological polar surface area (TPSA) is 95.6 Å². The van der Waals surface area contributed by atoms with Crippen LogP contribution in [0.25, 0.3) is 10.1 Å². The third-order valence-electron chi connectivity index (χ3n) is 6.43. The summed E-state index contributed by atoms with van der Waals surface area (Å²) in [6.45, 7) is 10.8. The number of nitrogens with zero attached hydrogens (tertiary/aromatic N) is 1. The number of sulfonamides is 1. The summed E-state index contributed by atoms with van der Waals surface area (Å²) < 4.78 is 30.0. The zero-order valence-electron chi connectivity index (χ0n) is 20.2. The average molecular weight is 512 g/mol. The molecule has 1 aliphatic heterocycles. The van der Waals surface area contributed by atoms with E-state index in [4.69, 9.17) is 0 Å². The number of amides is 2. The number of hydrogen-bond donors (Lipinski definition) is 2. The number of hydrogen-bond acceptors (Lipinski definition) is 5. The molecule has 4 rings (SSSR count). The number of carbonyl (C=O) groups is 2. The van der Waals surface area contributed by atoms with Gasteiger partial charge in [-0.05, 0) is 82.0 Å². The van der Waals surface area contributed by atoms with Crippen LogP contribution in [0.5, 0.6) is 0 Å². The van der Waals surface area contributed by atoms with Crippen LogP contribution < -0.4 is 10.6 Å². The summed E-state index contributed by atoms with van der Waals surface area (Å²) in [5, 5.41) is 6.72. The molecule has 0 radical (unpaired) electrons. The smallest absolute Gasteiger partial charge is 0.265 e. The molecule has 9 heteroatoms. The molecule has 2 amide bonds. The molecule has 2 heterocycles. The van der Waals surface area contributed by atoms with Gasteiger partial charge in [0.15, 0.2) is 0 Å².